The molecule has 1 fully saturated rings. The molecule has 0 spiro atoms. The number of urea groups is 1. The summed E-state index contributed by atoms with van der Waals surface area (Å²) in [5, 5.41) is 5.90. The average molecular weight is 198 g/mol. The fraction of sp³-hybridized carbons (Fsp3) is 0.909. The number of hydrogen-bond donors (Lipinski definition) is 2. The van der Waals surface area contributed by atoms with Gasteiger partial charge in [-0.15, -0.1) is 0 Å². The second kappa shape index (κ2) is 4.67. The largest absolute Gasteiger partial charge is 0.336 e. The number of carbonyl (C=O) groups is 1. The molecule has 14 heavy (non-hydrogen) atoms. The van der Waals surface area contributed by atoms with Crippen molar-refractivity contribution in [1.29, 1.82) is 0 Å². The van der Waals surface area contributed by atoms with Gasteiger partial charge >= 0.3 is 6.03 Å². The van der Waals surface area contributed by atoms with Crippen molar-refractivity contribution in [1.82, 2.24) is 10.6 Å². The van der Waals surface area contributed by atoms with E-state index in [0.29, 0.717) is 12.0 Å². The summed E-state index contributed by atoms with van der Waals surface area (Å²) in [5.74, 6) is 1.34. The Labute approximate surface area is 86.6 Å². The molecule has 3 unspecified atom stereocenters. The maximum Gasteiger partial charge on any atom is 0.315 e. The van der Waals surface area contributed by atoms with Crippen LogP contribution in [0.3, 0.4) is 0 Å². The van der Waals surface area contributed by atoms with Crippen molar-refractivity contribution in [2.75, 3.05) is 0 Å². The normalized spacial score (nSPS) is 31.9. The summed E-state index contributed by atoms with van der Waals surface area (Å²) in [6.07, 6.45) is 2.35. The van der Waals surface area contributed by atoms with Gasteiger partial charge in [0, 0.05) is 12.1 Å². The van der Waals surface area contributed by atoms with Crippen molar-refractivity contribution in [2.45, 2.75) is 52.6 Å². The minimum absolute atomic E-state index is 0.0223. The summed E-state index contributed by atoms with van der Waals surface area (Å²) in [7, 11) is 0. The first kappa shape index (κ1) is 11.3. The smallest absolute Gasteiger partial charge is 0.315 e. The van der Waals surface area contributed by atoms with Gasteiger partial charge < -0.3 is 10.6 Å². The van der Waals surface area contributed by atoms with Crippen LogP contribution in [0.5, 0.6) is 0 Å². The Balaban J connectivity index is 2.34. The second-order valence-electron chi connectivity index (χ2n) is 4.79. The number of amides is 2. The van der Waals surface area contributed by atoms with Crippen LogP contribution in [0.1, 0.15) is 40.5 Å². The van der Waals surface area contributed by atoms with Crippen molar-refractivity contribution >= 4 is 6.03 Å². The molecule has 0 aromatic carbocycles. The number of nitrogens with one attached hydrogen (secondary N) is 2. The predicted octanol–water partition coefficient (Wildman–Crippen LogP) is 2.13. The highest BCUT2D eigenvalue weighted by Crippen LogP contribution is 2.30. The Morgan fingerprint density at radius 3 is 2.36 bits per heavy atom. The van der Waals surface area contributed by atoms with Gasteiger partial charge in [-0.25, -0.2) is 4.79 Å². The standard InChI is InChI=1S/C11H22N2O/c1-7(2)12-11(14)13-10-6-5-8(3)9(10)4/h7-10H,5-6H2,1-4H3,(H2,12,13,14). The van der Waals surface area contributed by atoms with Crippen molar-refractivity contribution in [2.24, 2.45) is 11.8 Å². The Morgan fingerprint density at radius 2 is 1.93 bits per heavy atom. The Morgan fingerprint density at radius 1 is 1.29 bits per heavy atom. The summed E-state index contributed by atoms with van der Waals surface area (Å²) >= 11 is 0. The lowest BCUT2D eigenvalue weighted by Crippen LogP contribution is -2.45. The van der Waals surface area contributed by atoms with Gasteiger partial charge in [-0.2, -0.15) is 0 Å². The molecule has 1 rings (SSSR count). The third-order valence-corrected chi connectivity index (χ3v) is 3.20. The molecule has 3 heteroatoms. The van der Waals surface area contributed by atoms with Gasteiger partial charge in [-0.05, 0) is 38.5 Å². The van der Waals surface area contributed by atoms with Crippen molar-refractivity contribution < 1.29 is 4.79 Å². The minimum atomic E-state index is -0.0223. The highest BCUT2D eigenvalue weighted by molar-refractivity contribution is 5.74. The zero-order valence-electron chi connectivity index (χ0n) is 9.63. The summed E-state index contributed by atoms with van der Waals surface area (Å²) in [6.45, 7) is 8.42. The molecule has 0 radical (unpaired) electrons. The predicted molar refractivity (Wildman–Crippen MR) is 58.2 cm³/mol. The van der Waals surface area contributed by atoms with Crippen molar-refractivity contribution in [3.63, 3.8) is 0 Å². The van der Waals surface area contributed by atoms with E-state index in [1.165, 1.54) is 6.42 Å². The monoisotopic (exact) mass is 198 g/mol. The van der Waals surface area contributed by atoms with Crippen molar-refractivity contribution in [3.05, 3.63) is 0 Å². The SMILES string of the molecule is CC(C)NC(=O)NC1CCC(C)C1C. The first-order chi connectivity index (χ1) is 6.50. The lowest BCUT2D eigenvalue weighted by atomic mass is 9.98. The van der Waals surface area contributed by atoms with E-state index in [4.69, 9.17) is 0 Å². The molecule has 2 amide bonds. The van der Waals surface area contributed by atoms with E-state index in [0.717, 1.165) is 12.3 Å². The van der Waals surface area contributed by atoms with Crippen LogP contribution in [0.15, 0.2) is 0 Å². The minimum Gasteiger partial charge on any atom is -0.336 e. The van der Waals surface area contributed by atoms with Crippen molar-refractivity contribution in [3.8, 4) is 0 Å². The van der Waals surface area contributed by atoms with Crippen LogP contribution >= 0.6 is 0 Å². The van der Waals surface area contributed by atoms with Gasteiger partial charge in [0.05, 0.1) is 0 Å². The lowest BCUT2D eigenvalue weighted by Gasteiger charge is -2.20. The topological polar surface area (TPSA) is 41.1 Å². The van der Waals surface area contributed by atoms with Crippen LogP contribution in [0.25, 0.3) is 0 Å². The fourth-order valence-corrected chi connectivity index (χ4v) is 2.04. The molecular formula is C11H22N2O. The third-order valence-electron chi connectivity index (χ3n) is 3.20. The Hall–Kier alpha value is -0.730. The molecule has 3 atom stereocenters. The Bertz CT molecular complexity index is 203. The molecule has 1 aliphatic carbocycles. The zero-order chi connectivity index (χ0) is 10.7. The van der Waals surface area contributed by atoms with E-state index in [1.807, 2.05) is 13.8 Å². The molecule has 0 heterocycles. The maximum atomic E-state index is 11.4. The van der Waals surface area contributed by atoms with Crippen LogP contribution in [-0.2, 0) is 0 Å². The van der Waals surface area contributed by atoms with E-state index in [1.54, 1.807) is 0 Å². The maximum absolute atomic E-state index is 11.4. The summed E-state index contributed by atoms with van der Waals surface area (Å²) in [5.41, 5.74) is 0. The summed E-state index contributed by atoms with van der Waals surface area (Å²) in [4.78, 5) is 11.4. The first-order valence-corrected chi connectivity index (χ1v) is 5.57. The second-order valence-corrected chi connectivity index (χ2v) is 4.79. The number of hydrogen-bond acceptors (Lipinski definition) is 1. The molecule has 0 bridgehead atoms. The van der Waals surface area contributed by atoms with Gasteiger partial charge in [-0.1, -0.05) is 13.8 Å². The van der Waals surface area contributed by atoms with E-state index in [2.05, 4.69) is 24.5 Å². The van der Waals surface area contributed by atoms with Crippen LogP contribution in [0, 0.1) is 11.8 Å². The van der Waals surface area contributed by atoms with Gasteiger partial charge in [-0.3, -0.25) is 0 Å². The Kier molecular flexibility index (Phi) is 3.78. The van der Waals surface area contributed by atoms with E-state index in [9.17, 15) is 4.79 Å². The summed E-state index contributed by atoms with van der Waals surface area (Å²) < 4.78 is 0. The van der Waals surface area contributed by atoms with Gasteiger partial charge in [0.1, 0.15) is 0 Å². The lowest BCUT2D eigenvalue weighted by molar-refractivity contribution is 0.230. The molecule has 1 saturated carbocycles. The van der Waals surface area contributed by atoms with Crippen LogP contribution in [0.2, 0.25) is 0 Å². The van der Waals surface area contributed by atoms with Gasteiger partial charge in [0.2, 0.25) is 0 Å². The number of carbonyl (C=O) groups excluding carboxylic acids is 1. The van der Waals surface area contributed by atoms with Crippen LogP contribution in [-0.4, -0.2) is 18.1 Å². The molecular weight excluding hydrogens is 176 g/mol. The molecule has 2 N–H and O–H groups in total. The molecule has 82 valence electrons. The highest BCUT2D eigenvalue weighted by atomic mass is 16.2. The van der Waals surface area contributed by atoms with Gasteiger partial charge in [0.25, 0.3) is 0 Å². The zero-order valence-corrected chi connectivity index (χ0v) is 9.63. The van der Waals surface area contributed by atoms with E-state index >= 15 is 0 Å². The van der Waals surface area contributed by atoms with Crippen LogP contribution < -0.4 is 10.6 Å². The average Bonchev–Trinajstić information content (AvgIpc) is 2.34. The fourth-order valence-electron chi connectivity index (χ4n) is 2.04. The molecule has 0 aromatic rings. The number of rotatable bonds is 2. The molecule has 1 aliphatic rings. The van der Waals surface area contributed by atoms with E-state index < -0.39 is 0 Å². The molecule has 0 aliphatic heterocycles. The third kappa shape index (κ3) is 2.89. The van der Waals surface area contributed by atoms with Gasteiger partial charge in [0.15, 0.2) is 0 Å². The van der Waals surface area contributed by atoms with Crippen LogP contribution in [0.4, 0.5) is 4.79 Å². The first-order valence-electron chi connectivity index (χ1n) is 5.57. The highest BCUT2D eigenvalue weighted by Gasteiger charge is 2.30. The summed E-state index contributed by atoms with van der Waals surface area (Å²) in [6, 6.07) is 0.554. The molecule has 3 nitrogen and oxygen atoms in total. The quantitative estimate of drug-likeness (QED) is 0.701. The molecule has 0 saturated heterocycles. The van der Waals surface area contributed by atoms with E-state index in [-0.39, 0.29) is 12.1 Å². The molecule has 0 aromatic heterocycles.